The summed E-state index contributed by atoms with van der Waals surface area (Å²) < 4.78 is 5.58. The molecule has 0 aromatic heterocycles. The molecule has 0 bridgehead atoms. The second-order valence-corrected chi connectivity index (χ2v) is 4.26. The van der Waals surface area contributed by atoms with E-state index in [-0.39, 0.29) is 12.0 Å². The van der Waals surface area contributed by atoms with Crippen LogP contribution in [0.3, 0.4) is 0 Å². The van der Waals surface area contributed by atoms with Gasteiger partial charge in [0.05, 0.1) is 6.10 Å². The molecule has 0 heterocycles. The van der Waals surface area contributed by atoms with Crippen molar-refractivity contribution in [2.24, 2.45) is 5.92 Å². The van der Waals surface area contributed by atoms with Crippen molar-refractivity contribution in [1.82, 2.24) is 0 Å². The van der Waals surface area contributed by atoms with Crippen LogP contribution in [0, 0.1) is 5.92 Å². The molecule has 2 heteroatoms. The SMILES string of the molecule is CCc1cccc(OCC(O)C(C)CC)c1. The molecule has 0 radical (unpaired) electrons. The molecule has 0 amide bonds. The zero-order valence-electron chi connectivity index (χ0n) is 10.4. The fourth-order valence-electron chi connectivity index (χ4n) is 1.47. The summed E-state index contributed by atoms with van der Waals surface area (Å²) in [7, 11) is 0. The highest BCUT2D eigenvalue weighted by Crippen LogP contribution is 2.15. The molecule has 1 N–H and O–H groups in total. The minimum atomic E-state index is -0.379. The average Bonchev–Trinajstić information content (AvgIpc) is 2.35. The Morgan fingerprint density at radius 3 is 2.69 bits per heavy atom. The zero-order chi connectivity index (χ0) is 12.0. The number of aliphatic hydroxyl groups is 1. The van der Waals surface area contributed by atoms with Gasteiger partial charge in [0.2, 0.25) is 0 Å². The lowest BCUT2D eigenvalue weighted by molar-refractivity contribution is 0.0622. The Bertz CT molecular complexity index is 309. The molecule has 1 rings (SSSR count). The van der Waals surface area contributed by atoms with Gasteiger partial charge in [-0.2, -0.15) is 0 Å². The molecule has 2 unspecified atom stereocenters. The van der Waals surface area contributed by atoms with E-state index in [1.54, 1.807) is 0 Å². The summed E-state index contributed by atoms with van der Waals surface area (Å²) in [4.78, 5) is 0. The lowest BCUT2D eigenvalue weighted by atomic mass is 10.0. The maximum Gasteiger partial charge on any atom is 0.119 e. The van der Waals surface area contributed by atoms with Crippen LogP contribution >= 0.6 is 0 Å². The smallest absolute Gasteiger partial charge is 0.119 e. The van der Waals surface area contributed by atoms with Gasteiger partial charge in [0.15, 0.2) is 0 Å². The lowest BCUT2D eigenvalue weighted by Crippen LogP contribution is -2.24. The first-order valence-electron chi connectivity index (χ1n) is 6.07. The Morgan fingerprint density at radius 1 is 1.31 bits per heavy atom. The van der Waals surface area contributed by atoms with Crippen LogP contribution in [0.4, 0.5) is 0 Å². The van der Waals surface area contributed by atoms with E-state index in [0.29, 0.717) is 6.61 Å². The lowest BCUT2D eigenvalue weighted by Gasteiger charge is -2.17. The monoisotopic (exact) mass is 222 g/mol. The summed E-state index contributed by atoms with van der Waals surface area (Å²) in [5, 5.41) is 9.78. The van der Waals surface area contributed by atoms with Crippen molar-refractivity contribution in [2.75, 3.05) is 6.61 Å². The Morgan fingerprint density at radius 2 is 2.06 bits per heavy atom. The largest absolute Gasteiger partial charge is 0.491 e. The minimum Gasteiger partial charge on any atom is -0.491 e. The van der Waals surface area contributed by atoms with Crippen molar-refractivity contribution in [3.8, 4) is 5.75 Å². The highest BCUT2D eigenvalue weighted by molar-refractivity contribution is 5.28. The van der Waals surface area contributed by atoms with Gasteiger partial charge < -0.3 is 9.84 Å². The van der Waals surface area contributed by atoms with Crippen LogP contribution in [0.15, 0.2) is 24.3 Å². The Kier molecular flexibility index (Phi) is 5.33. The topological polar surface area (TPSA) is 29.5 Å². The van der Waals surface area contributed by atoms with Gasteiger partial charge in [0.25, 0.3) is 0 Å². The van der Waals surface area contributed by atoms with Crippen LogP contribution in [0.5, 0.6) is 5.75 Å². The van der Waals surface area contributed by atoms with Gasteiger partial charge in [-0.1, -0.05) is 39.3 Å². The van der Waals surface area contributed by atoms with Crippen LogP contribution < -0.4 is 4.74 Å². The summed E-state index contributed by atoms with van der Waals surface area (Å²) in [6, 6.07) is 8.04. The normalized spacial score (nSPS) is 14.5. The Balaban J connectivity index is 2.47. The average molecular weight is 222 g/mol. The fraction of sp³-hybridized carbons (Fsp3) is 0.571. The summed E-state index contributed by atoms with van der Waals surface area (Å²) in [5.74, 6) is 1.14. The highest BCUT2D eigenvalue weighted by Gasteiger charge is 2.12. The van der Waals surface area contributed by atoms with Crippen molar-refractivity contribution in [1.29, 1.82) is 0 Å². The first-order chi connectivity index (χ1) is 7.67. The van der Waals surface area contributed by atoms with E-state index in [0.717, 1.165) is 18.6 Å². The van der Waals surface area contributed by atoms with Crippen molar-refractivity contribution in [3.05, 3.63) is 29.8 Å². The molecule has 0 saturated heterocycles. The number of hydrogen-bond donors (Lipinski definition) is 1. The molecule has 2 nitrogen and oxygen atoms in total. The van der Waals surface area contributed by atoms with E-state index >= 15 is 0 Å². The molecule has 1 aromatic rings. The first-order valence-corrected chi connectivity index (χ1v) is 6.07. The second-order valence-electron chi connectivity index (χ2n) is 4.26. The number of aliphatic hydroxyl groups excluding tert-OH is 1. The zero-order valence-corrected chi connectivity index (χ0v) is 10.4. The molecule has 1 aromatic carbocycles. The van der Waals surface area contributed by atoms with Crippen LogP contribution in [0.25, 0.3) is 0 Å². The predicted molar refractivity (Wildman–Crippen MR) is 66.8 cm³/mol. The van der Waals surface area contributed by atoms with Gasteiger partial charge >= 0.3 is 0 Å². The van der Waals surface area contributed by atoms with Gasteiger partial charge in [-0.05, 0) is 30.0 Å². The number of hydrogen-bond acceptors (Lipinski definition) is 2. The van der Waals surface area contributed by atoms with Crippen LogP contribution in [0.1, 0.15) is 32.8 Å². The molecular weight excluding hydrogens is 200 g/mol. The summed E-state index contributed by atoms with van der Waals surface area (Å²) in [6.45, 7) is 6.61. The van der Waals surface area contributed by atoms with Crippen LogP contribution in [-0.4, -0.2) is 17.8 Å². The van der Waals surface area contributed by atoms with Gasteiger partial charge in [0, 0.05) is 0 Å². The Hall–Kier alpha value is -1.02. The third-order valence-corrected chi connectivity index (χ3v) is 3.03. The molecular formula is C14H22O2. The van der Waals surface area contributed by atoms with Gasteiger partial charge in [-0.15, -0.1) is 0 Å². The first kappa shape index (κ1) is 13.0. The molecule has 0 fully saturated rings. The third kappa shape index (κ3) is 3.86. The standard InChI is InChI=1S/C14H22O2/c1-4-11(3)14(15)10-16-13-8-6-7-12(5-2)9-13/h6-9,11,14-15H,4-5,10H2,1-3H3. The van der Waals surface area contributed by atoms with Crippen LogP contribution in [0.2, 0.25) is 0 Å². The maximum absolute atomic E-state index is 9.78. The van der Waals surface area contributed by atoms with Gasteiger partial charge in [-0.25, -0.2) is 0 Å². The number of aryl methyl sites for hydroxylation is 1. The van der Waals surface area contributed by atoms with E-state index in [1.807, 2.05) is 25.1 Å². The van der Waals surface area contributed by atoms with Crippen molar-refractivity contribution < 1.29 is 9.84 Å². The minimum absolute atomic E-state index is 0.286. The van der Waals surface area contributed by atoms with Crippen molar-refractivity contribution in [2.45, 2.75) is 39.7 Å². The predicted octanol–water partition coefficient (Wildman–Crippen LogP) is 3.03. The van der Waals surface area contributed by atoms with Crippen molar-refractivity contribution in [3.63, 3.8) is 0 Å². The fourth-order valence-corrected chi connectivity index (χ4v) is 1.47. The molecule has 0 aliphatic rings. The number of benzene rings is 1. The van der Waals surface area contributed by atoms with E-state index in [1.165, 1.54) is 5.56 Å². The molecule has 2 atom stereocenters. The number of rotatable bonds is 6. The second kappa shape index (κ2) is 6.54. The highest BCUT2D eigenvalue weighted by atomic mass is 16.5. The molecule has 16 heavy (non-hydrogen) atoms. The third-order valence-electron chi connectivity index (χ3n) is 3.03. The summed E-state index contributed by atoms with van der Waals surface area (Å²) >= 11 is 0. The van der Waals surface area contributed by atoms with E-state index < -0.39 is 0 Å². The van der Waals surface area contributed by atoms with E-state index in [4.69, 9.17) is 4.74 Å². The molecule has 0 spiro atoms. The van der Waals surface area contributed by atoms with Crippen molar-refractivity contribution >= 4 is 0 Å². The summed E-state index contributed by atoms with van der Waals surface area (Å²) in [6.07, 6.45) is 1.60. The van der Waals surface area contributed by atoms with Gasteiger partial charge in [0.1, 0.15) is 12.4 Å². The molecule has 0 aliphatic heterocycles. The van der Waals surface area contributed by atoms with Crippen LogP contribution in [-0.2, 0) is 6.42 Å². The molecule has 0 saturated carbocycles. The number of ether oxygens (including phenoxy) is 1. The van der Waals surface area contributed by atoms with E-state index in [2.05, 4.69) is 19.9 Å². The molecule has 0 aliphatic carbocycles. The maximum atomic E-state index is 9.78. The quantitative estimate of drug-likeness (QED) is 0.801. The summed E-state index contributed by atoms with van der Waals surface area (Å²) in [5.41, 5.74) is 1.26. The Labute approximate surface area is 98.3 Å². The van der Waals surface area contributed by atoms with Gasteiger partial charge in [-0.3, -0.25) is 0 Å². The molecule has 90 valence electrons. The van der Waals surface area contributed by atoms with E-state index in [9.17, 15) is 5.11 Å².